The van der Waals surface area contributed by atoms with Gasteiger partial charge in [0.15, 0.2) is 0 Å². The van der Waals surface area contributed by atoms with E-state index in [1.165, 1.54) is 128 Å². The summed E-state index contributed by atoms with van der Waals surface area (Å²) in [6.45, 7) is 3.45. The van der Waals surface area contributed by atoms with E-state index >= 15 is 0 Å². The average Bonchev–Trinajstić information content (AvgIpc) is 3.22. The van der Waals surface area contributed by atoms with Crippen LogP contribution in [0.2, 0.25) is 0 Å². The number of rotatable bonds is 46. The highest BCUT2D eigenvalue weighted by molar-refractivity contribution is 7.47. The highest BCUT2D eigenvalue weighted by atomic mass is 31.2. The summed E-state index contributed by atoms with van der Waals surface area (Å²) in [5.41, 5.74) is 0. The number of nitrogens with one attached hydrogen (secondary N) is 1. The molecule has 2 atom stereocenters. The van der Waals surface area contributed by atoms with Crippen molar-refractivity contribution in [3.63, 3.8) is 0 Å². The van der Waals surface area contributed by atoms with Gasteiger partial charge in [-0.1, -0.05) is 211 Å². The number of carbonyl (C=O) groups is 2. The molecule has 0 radical (unpaired) electrons. The number of ether oxygens (including phenoxy) is 1. The number of hydrogen-bond donors (Lipinski definition) is 3. The normalized spacial score (nSPS) is 13.5. The number of phosphoric ester groups is 1. The van der Waals surface area contributed by atoms with Gasteiger partial charge in [0.1, 0.15) is 12.7 Å². The molecule has 0 rings (SSSR count). The quantitative estimate of drug-likeness (QED) is 0.0239. The molecule has 0 fully saturated rings. The molecule has 0 aromatic heterocycles. The minimum absolute atomic E-state index is 0.0729. The number of carbonyl (C=O) groups excluding carboxylic acids is 2. The molecule has 0 bridgehead atoms. The molecule has 0 aliphatic rings. The standard InChI is InChI=1S/C49H92NO8P/c1-3-5-7-9-11-13-15-17-19-20-21-22-23-24-25-26-28-30-32-34-36-38-40-42-49(53)56-45-47(51)46-58-59(54,55)57-44-43-50-48(52)41-39-37-35-33-31-29-27-18-16-14-12-10-8-6-4-2/h6,8,12,14,18,27,47,51H,3-5,7,9-11,13,15-17,19-26,28-46H2,1-2H3,(H,50,52)(H,54,55)/b8-6-,14-12-,27-18-. The molecule has 0 aliphatic carbocycles. The van der Waals surface area contributed by atoms with Gasteiger partial charge in [-0.25, -0.2) is 4.57 Å². The molecule has 59 heavy (non-hydrogen) atoms. The highest BCUT2D eigenvalue weighted by Crippen LogP contribution is 2.42. The Morgan fingerprint density at radius 2 is 0.966 bits per heavy atom. The van der Waals surface area contributed by atoms with Crippen molar-refractivity contribution < 1.29 is 37.9 Å². The Hall–Kier alpha value is -1.77. The maximum Gasteiger partial charge on any atom is 0.472 e. The number of hydrogen-bond acceptors (Lipinski definition) is 7. The maximum atomic E-state index is 12.1. The first-order valence-corrected chi connectivity index (χ1v) is 26.0. The van der Waals surface area contributed by atoms with Crippen LogP contribution in [0.15, 0.2) is 36.5 Å². The van der Waals surface area contributed by atoms with Gasteiger partial charge < -0.3 is 20.1 Å². The van der Waals surface area contributed by atoms with Crippen molar-refractivity contribution in [2.24, 2.45) is 0 Å². The zero-order valence-electron chi connectivity index (χ0n) is 38.2. The summed E-state index contributed by atoms with van der Waals surface area (Å²) in [5.74, 6) is -0.526. The Bertz CT molecular complexity index is 1060. The van der Waals surface area contributed by atoms with Gasteiger partial charge in [0.25, 0.3) is 0 Å². The Kier molecular flexibility index (Phi) is 44.4. The predicted octanol–water partition coefficient (Wildman–Crippen LogP) is 14.1. The average molecular weight is 854 g/mol. The van der Waals surface area contributed by atoms with Crippen LogP contribution in [0.5, 0.6) is 0 Å². The minimum Gasteiger partial charge on any atom is -0.463 e. The first kappa shape index (κ1) is 57.2. The fraction of sp³-hybridized carbons (Fsp3) is 0.837. The van der Waals surface area contributed by atoms with Crippen molar-refractivity contribution >= 4 is 19.7 Å². The van der Waals surface area contributed by atoms with Gasteiger partial charge in [0.05, 0.1) is 13.2 Å². The van der Waals surface area contributed by atoms with Crippen LogP contribution in [0.25, 0.3) is 0 Å². The summed E-state index contributed by atoms with van der Waals surface area (Å²) in [6, 6.07) is 0. The molecule has 0 saturated heterocycles. The Morgan fingerprint density at radius 1 is 0.542 bits per heavy atom. The van der Waals surface area contributed by atoms with E-state index in [9.17, 15) is 24.2 Å². The second kappa shape index (κ2) is 45.7. The molecule has 0 aliphatic heterocycles. The van der Waals surface area contributed by atoms with Crippen LogP contribution in [0.4, 0.5) is 0 Å². The zero-order valence-corrected chi connectivity index (χ0v) is 39.1. The van der Waals surface area contributed by atoms with Crippen molar-refractivity contribution in [2.45, 2.75) is 238 Å². The van der Waals surface area contributed by atoms with E-state index < -0.39 is 26.5 Å². The second-order valence-corrected chi connectivity index (χ2v) is 17.9. The minimum atomic E-state index is -4.42. The SMILES string of the molecule is CC/C=C\C/C=C\C/C=C\CCCCCCCC(=O)NCCOP(=O)(O)OCC(O)COC(=O)CCCCCCCCCCCCCCCCCCCCCCCCC. The summed E-state index contributed by atoms with van der Waals surface area (Å²) in [7, 11) is -4.42. The number of esters is 1. The summed E-state index contributed by atoms with van der Waals surface area (Å²) >= 11 is 0. The molecule has 0 saturated carbocycles. The largest absolute Gasteiger partial charge is 0.472 e. The second-order valence-electron chi connectivity index (χ2n) is 16.4. The molecular formula is C49H92NO8P. The molecule has 0 heterocycles. The van der Waals surface area contributed by atoms with Crippen molar-refractivity contribution in [1.29, 1.82) is 0 Å². The smallest absolute Gasteiger partial charge is 0.463 e. The first-order valence-electron chi connectivity index (χ1n) is 24.5. The van der Waals surface area contributed by atoms with Crippen molar-refractivity contribution in [3.05, 3.63) is 36.5 Å². The molecule has 10 heteroatoms. The van der Waals surface area contributed by atoms with Gasteiger partial charge in [-0.2, -0.15) is 0 Å². The molecule has 0 aromatic carbocycles. The number of amides is 1. The summed E-state index contributed by atoms with van der Waals surface area (Å²) in [4.78, 5) is 34.0. The number of phosphoric acid groups is 1. The molecule has 9 nitrogen and oxygen atoms in total. The molecule has 3 N–H and O–H groups in total. The van der Waals surface area contributed by atoms with Crippen molar-refractivity contribution in [2.75, 3.05) is 26.4 Å². The van der Waals surface area contributed by atoms with E-state index in [4.69, 9.17) is 13.8 Å². The third-order valence-corrected chi connectivity index (χ3v) is 11.6. The molecule has 1 amide bonds. The van der Waals surface area contributed by atoms with Crippen LogP contribution in [0.3, 0.4) is 0 Å². The van der Waals surface area contributed by atoms with Crippen LogP contribution >= 0.6 is 7.82 Å². The lowest BCUT2D eigenvalue weighted by molar-refractivity contribution is -0.147. The van der Waals surface area contributed by atoms with Crippen LogP contribution in [-0.4, -0.2) is 54.3 Å². The molecule has 346 valence electrons. The first-order chi connectivity index (χ1) is 28.8. The van der Waals surface area contributed by atoms with Crippen LogP contribution < -0.4 is 5.32 Å². The van der Waals surface area contributed by atoms with Crippen molar-refractivity contribution in [1.82, 2.24) is 5.32 Å². The van der Waals surface area contributed by atoms with Gasteiger partial charge in [-0.3, -0.25) is 18.6 Å². The van der Waals surface area contributed by atoms with E-state index in [1.54, 1.807) is 0 Å². The third kappa shape index (κ3) is 47.1. The van der Waals surface area contributed by atoms with E-state index in [2.05, 4.69) is 55.6 Å². The van der Waals surface area contributed by atoms with E-state index in [0.717, 1.165) is 77.0 Å². The topological polar surface area (TPSA) is 131 Å². The number of unbranched alkanes of at least 4 members (excludes halogenated alkanes) is 27. The molecule has 0 spiro atoms. The summed E-state index contributed by atoms with van der Waals surface area (Å²) in [5, 5.41) is 12.7. The lowest BCUT2D eigenvalue weighted by Crippen LogP contribution is -2.27. The number of aliphatic hydroxyl groups is 1. The summed E-state index contributed by atoms with van der Waals surface area (Å²) in [6.07, 6.45) is 52.3. The number of allylic oxidation sites excluding steroid dienone is 6. The van der Waals surface area contributed by atoms with Gasteiger partial charge in [-0.05, 0) is 44.9 Å². The third-order valence-electron chi connectivity index (χ3n) is 10.6. The number of aliphatic hydroxyl groups excluding tert-OH is 1. The lowest BCUT2D eigenvalue weighted by Gasteiger charge is -2.15. The monoisotopic (exact) mass is 854 g/mol. The van der Waals surface area contributed by atoms with Crippen LogP contribution in [0.1, 0.15) is 232 Å². The molecular weight excluding hydrogens is 762 g/mol. The van der Waals surface area contributed by atoms with Gasteiger partial charge in [0.2, 0.25) is 5.91 Å². The lowest BCUT2D eigenvalue weighted by atomic mass is 10.0. The maximum absolute atomic E-state index is 12.1. The van der Waals surface area contributed by atoms with E-state index in [-0.39, 0.29) is 32.1 Å². The molecule has 2 unspecified atom stereocenters. The Labute approximate surface area is 363 Å². The zero-order chi connectivity index (χ0) is 43.2. The Balaban J connectivity index is 3.54. The van der Waals surface area contributed by atoms with Crippen LogP contribution in [0, 0.1) is 0 Å². The summed E-state index contributed by atoms with van der Waals surface area (Å²) < 4.78 is 26.9. The van der Waals surface area contributed by atoms with E-state index in [1.807, 2.05) is 0 Å². The van der Waals surface area contributed by atoms with E-state index in [0.29, 0.717) is 6.42 Å². The van der Waals surface area contributed by atoms with Gasteiger partial charge in [0, 0.05) is 19.4 Å². The van der Waals surface area contributed by atoms with Crippen LogP contribution in [-0.2, 0) is 27.9 Å². The fourth-order valence-corrected chi connectivity index (χ4v) is 7.68. The van der Waals surface area contributed by atoms with Gasteiger partial charge in [-0.15, -0.1) is 0 Å². The molecule has 0 aromatic rings. The fourth-order valence-electron chi connectivity index (χ4n) is 6.93. The van der Waals surface area contributed by atoms with Gasteiger partial charge >= 0.3 is 13.8 Å². The van der Waals surface area contributed by atoms with Crippen molar-refractivity contribution in [3.8, 4) is 0 Å². The predicted molar refractivity (Wildman–Crippen MR) is 247 cm³/mol. The Morgan fingerprint density at radius 3 is 1.46 bits per heavy atom. The highest BCUT2D eigenvalue weighted by Gasteiger charge is 2.23.